The summed E-state index contributed by atoms with van der Waals surface area (Å²) in [7, 11) is 0. The molecule has 0 saturated heterocycles. The molecule has 294 valence electrons. The molecule has 0 bridgehead atoms. The third-order valence-electron chi connectivity index (χ3n) is 12.3. The highest BCUT2D eigenvalue weighted by atomic mass is 15.0. The zero-order valence-corrected chi connectivity index (χ0v) is 34.2. The van der Waals surface area contributed by atoms with E-state index in [1.165, 1.54) is 22.3 Å². The van der Waals surface area contributed by atoms with Crippen molar-refractivity contribution in [2.45, 2.75) is 5.41 Å². The van der Waals surface area contributed by atoms with E-state index in [4.69, 9.17) is 15.0 Å². The molecule has 0 amide bonds. The molecule has 1 aliphatic rings. The maximum absolute atomic E-state index is 10.1. The number of hydrogen-bond donors (Lipinski definition) is 0. The van der Waals surface area contributed by atoms with Crippen LogP contribution in [0.3, 0.4) is 0 Å². The van der Waals surface area contributed by atoms with Crippen molar-refractivity contribution in [3.05, 3.63) is 258 Å². The molecule has 1 aromatic heterocycles. The first kappa shape index (κ1) is 37.5. The number of rotatable bonds is 8. The highest BCUT2D eigenvalue weighted by molar-refractivity contribution is 5.89. The lowest BCUT2D eigenvalue weighted by Crippen LogP contribution is -2.28. The van der Waals surface area contributed by atoms with E-state index < -0.39 is 5.41 Å². The number of benzene rings is 9. The quantitative estimate of drug-likeness (QED) is 0.153. The SMILES string of the molecule is N#Cc1ccc2c(c1)C(c1ccccc1)(c1ccccc1)c1cc(-c3ccc(-c4cccc(-c5nc(-c6ccccc6)nc(-c6ccc(-c7ccccc7)cc6)n5)c4)cc3)ccc1-2. The Morgan fingerprint density at radius 3 is 1.22 bits per heavy atom. The van der Waals surface area contributed by atoms with Gasteiger partial charge in [0.1, 0.15) is 0 Å². The minimum absolute atomic E-state index is 0.600. The van der Waals surface area contributed by atoms with E-state index in [1.807, 2.05) is 42.5 Å². The Labute approximate surface area is 367 Å². The smallest absolute Gasteiger partial charge is 0.164 e. The first-order valence-electron chi connectivity index (χ1n) is 21.1. The summed E-state index contributed by atoms with van der Waals surface area (Å²) in [5.74, 6) is 1.87. The van der Waals surface area contributed by atoms with Crippen molar-refractivity contribution in [3.8, 4) is 84.7 Å². The highest BCUT2D eigenvalue weighted by Gasteiger charge is 2.46. The fourth-order valence-electron chi connectivity index (χ4n) is 9.22. The second-order valence-corrected chi connectivity index (χ2v) is 15.9. The number of fused-ring (bicyclic) bond motifs is 3. The van der Waals surface area contributed by atoms with Crippen LogP contribution >= 0.6 is 0 Å². The Hall–Kier alpha value is -8.52. The zero-order valence-electron chi connectivity index (χ0n) is 34.2. The monoisotopic (exact) mass is 802 g/mol. The number of nitriles is 1. The number of nitrogens with zero attached hydrogens (tertiary/aromatic N) is 4. The molecule has 1 aliphatic carbocycles. The summed E-state index contributed by atoms with van der Waals surface area (Å²) in [6.45, 7) is 0. The van der Waals surface area contributed by atoms with Gasteiger partial charge in [-0.3, -0.25) is 0 Å². The minimum atomic E-state index is -0.600. The van der Waals surface area contributed by atoms with Gasteiger partial charge in [-0.15, -0.1) is 0 Å². The summed E-state index contributed by atoms with van der Waals surface area (Å²) in [5.41, 5.74) is 16.5. The van der Waals surface area contributed by atoms with Crippen molar-refractivity contribution in [1.82, 2.24) is 15.0 Å². The van der Waals surface area contributed by atoms with Crippen LogP contribution in [-0.2, 0) is 5.41 Å². The normalized spacial score (nSPS) is 12.2. The average molecular weight is 803 g/mol. The van der Waals surface area contributed by atoms with Crippen LogP contribution in [0.5, 0.6) is 0 Å². The molecule has 0 unspecified atom stereocenters. The van der Waals surface area contributed by atoms with Crippen molar-refractivity contribution in [2.24, 2.45) is 0 Å². The lowest BCUT2D eigenvalue weighted by atomic mass is 9.67. The predicted molar refractivity (Wildman–Crippen MR) is 254 cm³/mol. The van der Waals surface area contributed by atoms with Crippen LogP contribution in [0, 0.1) is 11.3 Å². The molecule has 0 saturated carbocycles. The van der Waals surface area contributed by atoms with E-state index in [0.29, 0.717) is 23.0 Å². The molecule has 10 aromatic rings. The summed E-state index contributed by atoms with van der Waals surface area (Å²) >= 11 is 0. The van der Waals surface area contributed by atoms with Crippen LogP contribution in [-0.4, -0.2) is 15.0 Å². The molecule has 9 aromatic carbocycles. The van der Waals surface area contributed by atoms with Crippen LogP contribution in [0.1, 0.15) is 27.8 Å². The maximum atomic E-state index is 10.1. The molecule has 4 nitrogen and oxygen atoms in total. The Morgan fingerprint density at radius 1 is 0.302 bits per heavy atom. The van der Waals surface area contributed by atoms with E-state index in [9.17, 15) is 5.26 Å². The number of hydrogen-bond acceptors (Lipinski definition) is 4. The van der Waals surface area contributed by atoms with E-state index >= 15 is 0 Å². The summed E-state index contributed by atoms with van der Waals surface area (Å²) in [6, 6.07) is 82.9. The van der Waals surface area contributed by atoms with Crippen molar-refractivity contribution < 1.29 is 0 Å². The molecule has 0 fully saturated rings. The van der Waals surface area contributed by atoms with Gasteiger partial charge in [0.25, 0.3) is 0 Å². The molecule has 0 N–H and O–H groups in total. The molecule has 63 heavy (non-hydrogen) atoms. The van der Waals surface area contributed by atoms with Crippen molar-refractivity contribution in [2.75, 3.05) is 0 Å². The van der Waals surface area contributed by atoms with Gasteiger partial charge in [-0.25, -0.2) is 15.0 Å². The average Bonchev–Trinajstić information content (AvgIpc) is 3.67. The number of aromatic nitrogens is 3. The summed E-state index contributed by atoms with van der Waals surface area (Å²) in [4.78, 5) is 15.1. The van der Waals surface area contributed by atoms with E-state index in [2.05, 4.69) is 194 Å². The summed E-state index contributed by atoms with van der Waals surface area (Å²) in [6.07, 6.45) is 0. The van der Waals surface area contributed by atoms with Gasteiger partial charge in [0.2, 0.25) is 0 Å². The van der Waals surface area contributed by atoms with Gasteiger partial charge in [-0.2, -0.15) is 5.26 Å². The molecule has 0 radical (unpaired) electrons. The van der Waals surface area contributed by atoms with Crippen LogP contribution < -0.4 is 0 Å². The fourth-order valence-corrected chi connectivity index (χ4v) is 9.22. The van der Waals surface area contributed by atoms with Gasteiger partial charge in [0.05, 0.1) is 17.0 Å². The predicted octanol–water partition coefficient (Wildman–Crippen LogP) is 14.1. The molecular formula is C59H38N4. The summed E-state index contributed by atoms with van der Waals surface area (Å²) in [5, 5.41) is 10.1. The molecule has 11 rings (SSSR count). The Kier molecular flexibility index (Phi) is 9.41. The topological polar surface area (TPSA) is 62.5 Å². The lowest BCUT2D eigenvalue weighted by molar-refractivity contribution is 0.768. The van der Waals surface area contributed by atoms with Crippen LogP contribution in [0.25, 0.3) is 78.7 Å². The molecule has 0 aliphatic heterocycles. The minimum Gasteiger partial charge on any atom is -0.208 e. The Bertz CT molecular complexity index is 3260. The zero-order chi connectivity index (χ0) is 42.2. The maximum Gasteiger partial charge on any atom is 0.164 e. The van der Waals surface area contributed by atoms with Gasteiger partial charge in [-0.05, 0) is 91.0 Å². The Balaban J connectivity index is 0.962. The largest absolute Gasteiger partial charge is 0.208 e. The molecule has 4 heteroatoms. The van der Waals surface area contributed by atoms with Crippen molar-refractivity contribution >= 4 is 0 Å². The van der Waals surface area contributed by atoms with Gasteiger partial charge < -0.3 is 0 Å². The van der Waals surface area contributed by atoms with Crippen LogP contribution in [0.2, 0.25) is 0 Å². The lowest BCUT2D eigenvalue weighted by Gasteiger charge is -2.34. The van der Waals surface area contributed by atoms with Gasteiger partial charge in [0, 0.05) is 16.7 Å². The van der Waals surface area contributed by atoms with Gasteiger partial charge >= 0.3 is 0 Å². The van der Waals surface area contributed by atoms with Crippen molar-refractivity contribution in [3.63, 3.8) is 0 Å². The molecule has 0 atom stereocenters. The first-order chi connectivity index (χ1) is 31.2. The third kappa shape index (κ3) is 6.70. The van der Waals surface area contributed by atoms with Crippen LogP contribution in [0.4, 0.5) is 0 Å². The highest BCUT2D eigenvalue weighted by Crippen LogP contribution is 2.57. The molecule has 1 heterocycles. The van der Waals surface area contributed by atoms with Crippen LogP contribution in [0.15, 0.2) is 231 Å². The van der Waals surface area contributed by atoms with E-state index in [0.717, 1.165) is 61.2 Å². The standard InChI is InChI=1S/C59H38N4/c60-39-40-24-34-52-53-35-33-48(38-55(53)59(54(52)36-40,50-20-9-3-10-21-50)51-22-11-4-12-23-51)44-27-25-43(26-28-44)47-18-13-19-49(37-47)58-62-56(45-16-7-2-8-17-45)61-57(63-58)46-31-29-42(30-32-46)41-14-5-1-6-15-41/h1-38H. The third-order valence-corrected chi connectivity index (χ3v) is 12.3. The first-order valence-corrected chi connectivity index (χ1v) is 21.1. The second-order valence-electron chi connectivity index (χ2n) is 15.9. The van der Waals surface area contributed by atoms with Gasteiger partial charge in [-0.1, -0.05) is 206 Å². The fraction of sp³-hybridized carbons (Fsp3) is 0.0169. The second kappa shape index (κ2) is 15.8. The van der Waals surface area contributed by atoms with E-state index in [-0.39, 0.29) is 0 Å². The Morgan fingerprint density at radius 2 is 0.667 bits per heavy atom. The van der Waals surface area contributed by atoms with Gasteiger partial charge in [0.15, 0.2) is 17.5 Å². The summed E-state index contributed by atoms with van der Waals surface area (Å²) < 4.78 is 0. The molecule has 0 spiro atoms. The van der Waals surface area contributed by atoms with Crippen molar-refractivity contribution in [1.29, 1.82) is 5.26 Å². The van der Waals surface area contributed by atoms with E-state index in [1.54, 1.807) is 0 Å². The molecular weight excluding hydrogens is 765 g/mol.